The maximum atomic E-state index is 13.3. The molecule has 0 aliphatic carbocycles. The van der Waals surface area contributed by atoms with Gasteiger partial charge >= 0.3 is 0 Å². The number of benzene rings is 3. The second kappa shape index (κ2) is 8.84. The Kier molecular flexibility index (Phi) is 5.96. The van der Waals surface area contributed by atoms with E-state index in [1.54, 1.807) is 37.3 Å². The first kappa shape index (κ1) is 21.6. The van der Waals surface area contributed by atoms with Gasteiger partial charge in [0.1, 0.15) is 23.7 Å². The van der Waals surface area contributed by atoms with Crippen LogP contribution in [-0.4, -0.2) is 20.9 Å². The molecule has 0 radical (unpaired) electrons. The Labute approximate surface area is 185 Å². The zero-order chi connectivity index (χ0) is 22.7. The van der Waals surface area contributed by atoms with E-state index in [1.165, 1.54) is 12.1 Å². The van der Waals surface area contributed by atoms with E-state index in [-0.39, 0.29) is 4.90 Å². The number of hydrogen-bond donors (Lipinski definition) is 1. The van der Waals surface area contributed by atoms with E-state index < -0.39 is 34.3 Å². The van der Waals surface area contributed by atoms with Gasteiger partial charge in [-0.2, -0.15) is 0 Å². The van der Waals surface area contributed by atoms with Crippen molar-refractivity contribution >= 4 is 32.6 Å². The van der Waals surface area contributed by atoms with Crippen LogP contribution in [0.5, 0.6) is 0 Å². The van der Waals surface area contributed by atoms with Crippen LogP contribution in [0.4, 0.5) is 10.1 Å². The Hall–Kier alpha value is -3.65. The van der Waals surface area contributed by atoms with Crippen LogP contribution in [0.15, 0.2) is 94.2 Å². The molecule has 0 aliphatic heterocycles. The molecule has 3 aromatic carbocycles. The minimum atomic E-state index is -4.10. The second-order valence-corrected chi connectivity index (χ2v) is 9.14. The molecule has 0 saturated carbocycles. The van der Waals surface area contributed by atoms with Crippen molar-refractivity contribution in [3.63, 3.8) is 0 Å². The third-order valence-corrected chi connectivity index (χ3v) is 6.77. The summed E-state index contributed by atoms with van der Waals surface area (Å²) < 4.78 is 46.6. The van der Waals surface area contributed by atoms with Crippen molar-refractivity contribution in [1.29, 1.82) is 0 Å². The molecule has 4 rings (SSSR count). The van der Waals surface area contributed by atoms with Crippen LogP contribution >= 0.6 is 0 Å². The van der Waals surface area contributed by atoms with Gasteiger partial charge < -0.3 is 9.73 Å². The molecule has 32 heavy (non-hydrogen) atoms. The highest BCUT2D eigenvalue weighted by Crippen LogP contribution is 2.25. The average Bonchev–Trinajstić information content (AvgIpc) is 3.23. The van der Waals surface area contributed by atoms with E-state index >= 15 is 0 Å². The number of anilines is 1. The molecule has 1 aromatic heterocycles. The lowest BCUT2D eigenvalue weighted by Gasteiger charge is -2.24. The Balaban J connectivity index is 1.58. The summed E-state index contributed by atoms with van der Waals surface area (Å²) in [6.07, 6.45) is 0. The highest BCUT2D eigenvalue weighted by Gasteiger charge is 2.28. The van der Waals surface area contributed by atoms with E-state index in [4.69, 9.17) is 4.42 Å². The predicted octanol–water partition coefficient (Wildman–Crippen LogP) is 4.64. The molecule has 0 unspecified atom stereocenters. The van der Waals surface area contributed by atoms with Gasteiger partial charge in [0.25, 0.3) is 10.0 Å². The molecule has 0 saturated heterocycles. The maximum Gasteiger partial charge on any atom is 0.264 e. The van der Waals surface area contributed by atoms with Crippen molar-refractivity contribution in [2.75, 3.05) is 10.8 Å². The summed E-state index contributed by atoms with van der Waals surface area (Å²) in [5.74, 6) is -0.493. The molecule has 1 amide bonds. The molecule has 6 nitrogen and oxygen atoms in total. The lowest BCUT2D eigenvalue weighted by Crippen LogP contribution is -2.41. The van der Waals surface area contributed by atoms with Crippen LogP contribution in [0, 0.1) is 5.82 Å². The Morgan fingerprint density at radius 2 is 1.66 bits per heavy atom. The summed E-state index contributed by atoms with van der Waals surface area (Å²) >= 11 is 0. The summed E-state index contributed by atoms with van der Waals surface area (Å²) in [6.45, 7) is 1.31. The molecule has 0 aliphatic rings. The van der Waals surface area contributed by atoms with E-state index in [2.05, 4.69) is 5.32 Å². The number of furan rings is 1. The van der Waals surface area contributed by atoms with Crippen LogP contribution in [-0.2, 0) is 14.8 Å². The van der Waals surface area contributed by atoms with Gasteiger partial charge in [-0.1, -0.05) is 36.4 Å². The number of rotatable bonds is 7. The molecular weight excluding hydrogens is 431 g/mol. The number of carbonyl (C=O) groups excluding carboxylic acids is 1. The van der Waals surface area contributed by atoms with Crippen molar-refractivity contribution in [3.05, 3.63) is 96.5 Å². The number of sulfonamides is 1. The summed E-state index contributed by atoms with van der Waals surface area (Å²) in [4.78, 5) is 12.7. The van der Waals surface area contributed by atoms with Gasteiger partial charge in [0.15, 0.2) is 0 Å². The number of nitrogens with zero attached hydrogens (tertiary/aromatic N) is 1. The third kappa shape index (κ3) is 4.50. The molecular formula is C24H21FN2O4S. The standard InChI is InChI=1S/C24H21FN2O4S/c1-17(23-15-18-7-5-6-10-22(18)31-23)26-24(28)16-27(20-8-3-2-4-9-20)32(29,30)21-13-11-19(25)12-14-21/h2-15,17H,16H2,1H3,(H,26,28)/t17-/m0/s1. The summed E-state index contributed by atoms with van der Waals surface area (Å²) in [7, 11) is -4.10. The number of para-hydroxylation sites is 2. The largest absolute Gasteiger partial charge is 0.459 e. The molecule has 8 heteroatoms. The minimum absolute atomic E-state index is 0.110. The molecule has 1 heterocycles. The topological polar surface area (TPSA) is 79.6 Å². The van der Waals surface area contributed by atoms with Gasteiger partial charge in [0.05, 0.1) is 16.6 Å². The van der Waals surface area contributed by atoms with Crippen molar-refractivity contribution in [2.45, 2.75) is 17.9 Å². The van der Waals surface area contributed by atoms with Crippen molar-refractivity contribution in [3.8, 4) is 0 Å². The second-order valence-electron chi connectivity index (χ2n) is 7.28. The number of amides is 1. The van der Waals surface area contributed by atoms with Crippen molar-refractivity contribution in [2.24, 2.45) is 0 Å². The fourth-order valence-electron chi connectivity index (χ4n) is 3.35. The molecule has 4 aromatic rings. The Morgan fingerprint density at radius 3 is 2.34 bits per heavy atom. The number of fused-ring (bicyclic) bond motifs is 1. The van der Waals surface area contributed by atoms with Gasteiger partial charge in [-0.25, -0.2) is 12.8 Å². The zero-order valence-electron chi connectivity index (χ0n) is 17.2. The van der Waals surface area contributed by atoms with E-state index in [0.29, 0.717) is 17.0 Å². The zero-order valence-corrected chi connectivity index (χ0v) is 18.1. The number of hydrogen-bond acceptors (Lipinski definition) is 4. The maximum absolute atomic E-state index is 13.3. The molecule has 0 bridgehead atoms. The summed E-state index contributed by atoms with van der Waals surface area (Å²) in [6, 6.07) is 21.6. The summed E-state index contributed by atoms with van der Waals surface area (Å²) in [5, 5.41) is 3.70. The van der Waals surface area contributed by atoms with Crippen molar-refractivity contribution < 1.29 is 22.0 Å². The molecule has 164 valence electrons. The molecule has 0 spiro atoms. The fraction of sp³-hybridized carbons (Fsp3) is 0.125. The van der Waals surface area contributed by atoms with Crippen LogP contribution in [0.25, 0.3) is 11.0 Å². The highest BCUT2D eigenvalue weighted by atomic mass is 32.2. The third-order valence-electron chi connectivity index (χ3n) is 4.98. The van der Waals surface area contributed by atoms with Crippen LogP contribution in [0.1, 0.15) is 18.7 Å². The van der Waals surface area contributed by atoms with Crippen LogP contribution in [0.2, 0.25) is 0 Å². The molecule has 1 N–H and O–H groups in total. The van der Waals surface area contributed by atoms with Gasteiger partial charge in [0, 0.05) is 5.39 Å². The van der Waals surface area contributed by atoms with Gasteiger partial charge in [-0.15, -0.1) is 0 Å². The first-order valence-electron chi connectivity index (χ1n) is 9.96. The van der Waals surface area contributed by atoms with Gasteiger partial charge in [0.2, 0.25) is 5.91 Å². The Bertz CT molecular complexity index is 1300. The van der Waals surface area contributed by atoms with E-state index in [0.717, 1.165) is 21.8 Å². The van der Waals surface area contributed by atoms with Crippen LogP contribution < -0.4 is 9.62 Å². The quantitative estimate of drug-likeness (QED) is 0.443. The average molecular weight is 453 g/mol. The number of nitrogens with one attached hydrogen (secondary N) is 1. The highest BCUT2D eigenvalue weighted by molar-refractivity contribution is 7.92. The molecule has 1 atom stereocenters. The Morgan fingerprint density at radius 1 is 1.00 bits per heavy atom. The van der Waals surface area contributed by atoms with E-state index in [1.807, 2.05) is 30.3 Å². The van der Waals surface area contributed by atoms with Crippen molar-refractivity contribution in [1.82, 2.24) is 5.32 Å². The first-order chi connectivity index (χ1) is 15.3. The van der Waals surface area contributed by atoms with Gasteiger partial charge in [-0.05, 0) is 55.5 Å². The lowest BCUT2D eigenvalue weighted by molar-refractivity contribution is -0.120. The lowest BCUT2D eigenvalue weighted by atomic mass is 10.2. The monoisotopic (exact) mass is 452 g/mol. The normalized spacial score (nSPS) is 12.4. The minimum Gasteiger partial charge on any atom is -0.459 e. The van der Waals surface area contributed by atoms with Crippen LogP contribution in [0.3, 0.4) is 0 Å². The SMILES string of the molecule is C[C@H](NC(=O)CN(c1ccccc1)S(=O)(=O)c1ccc(F)cc1)c1cc2ccccc2o1. The molecule has 0 fully saturated rings. The first-order valence-corrected chi connectivity index (χ1v) is 11.4. The summed E-state index contributed by atoms with van der Waals surface area (Å²) in [5.41, 5.74) is 1.02. The smallest absolute Gasteiger partial charge is 0.264 e. The predicted molar refractivity (Wildman–Crippen MR) is 120 cm³/mol. The number of halogens is 1. The fourth-order valence-corrected chi connectivity index (χ4v) is 4.77. The van der Waals surface area contributed by atoms with E-state index in [9.17, 15) is 17.6 Å². The number of carbonyl (C=O) groups is 1. The van der Waals surface area contributed by atoms with Gasteiger partial charge in [-0.3, -0.25) is 9.10 Å².